The van der Waals surface area contributed by atoms with Gasteiger partial charge in [0.25, 0.3) is 10.0 Å². The van der Waals surface area contributed by atoms with Crippen molar-refractivity contribution in [3.8, 4) is 5.75 Å². The van der Waals surface area contributed by atoms with E-state index in [1.54, 1.807) is 43.5 Å². The first kappa shape index (κ1) is 18.9. The zero-order valence-corrected chi connectivity index (χ0v) is 16.4. The quantitative estimate of drug-likeness (QED) is 0.845. The summed E-state index contributed by atoms with van der Waals surface area (Å²) in [7, 11) is -1.95. The Morgan fingerprint density at radius 2 is 1.96 bits per heavy atom. The Morgan fingerprint density at radius 1 is 1.23 bits per heavy atom. The number of carbonyl (C=O) groups is 1. The summed E-state index contributed by atoms with van der Waals surface area (Å²) < 4.78 is 32.4. The average molecular weight is 395 g/mol. The molecule has 140 valence electrons. The van der Waals surface area contributed by atoms with Crippen LogP contribution in [0.25, 0.3) is 0 Å². The molecule has 0 bridgehead atoms. The predicted molar refractivity (Wildman–Crippen MR) is 102 cm³/mol. The minimum Gasteiger partial charge on any atom is -0.497 e. The highest BCUT2D eigenvalue weighted by atomic mass is 32.2. The van der Waals surface area contributed by atoms with Gasteiger partial charge in [-0.05, 0) is 56.2 Å². The van der Waals surface area contributed by atoms with Crippen LogP contribution in [0.3, 0.4) is 0 Å². The zero-order valence-electron chi connectivity index (χ0n) is 14.8. The summed E-state index contributed by atoms with van der Waals surface area (Å²) in [6, 6.07) is 10.5. The standard InChI is InChI=1S/C18H22N2O4S2/c1-13-5-10-17(25-13)26(22,23)20-11-3-4-14(12-20)18(21)19-15-6-8-16(24-2)9-7-15/h5-10,14H,3-4,11-12H2,1-2H3,(H,19,21)/t14-/m1/s1. The Hall–Kier alpha value is -1.90. The van der Waals surface area contributed by atoms with Crippen molar-refractivity contribution < 1.29 is 17.9 Å². The van der Waals surface area contributed by atoms with E-state index in [0.717, 1.165) is 4.88 Å². The van der Waals surface area contributed by atoms with E-state index in [2.05, 4.69) is 5.32 Å². The number of rotatable bonds is 5. The lowest BCUT2D eigenvalue weighted by atomic mass is 9.99. The first-order valence-electron chi connectivity index (χ1n) is 8.41. The van der Waals surface area contributed by atoms with Crippen LogP contribution >= 0.6 is 11.3 Å². The van der Waals surface area contributed by atoms with Crippen molar-refractivity contribution in [1.82, 2.24) is 4.31 Å². The number of hydrogen-bond donors (Lipinski definition) is 1. The molecule has 1 amide bonds. The van der Waals surface area contributed by atoms with Crippen LogP contribution in [0.15, 0.2) is 40.6 Å². The van der Waals surface area contributed by atoms with Crippen LogP contribution in [-0.2, 0) is 14.8 Å². The number of nitrogens with one attached hydrogen (secondary N) is 1. The molecular weight excluding hydrogens is 372 g/mol. The van der Waals surface area contributed by atoms with Crippen LogP contribution < -0.4 is 10.1 Å². The minimum atomic E-state index is -3.53. The lowest BCUT2D eigenvalue weighted by molar-refractivity contribution is -0.120. The van der Waals surface area contributed by atoms with E-state index in [9.17, 15) is 13.2 Å². The molecule has 6 nitrogen and oxygen atoms in total. The Labute approximate surface area is 157 Å². The molecule has 1 fully saturated rings. The lowest BCUT2D eigenvalue weighted by Gasteiger charge is -2.30. The molecule has 1 aromatic heterocycles. The van der Waals surface area contributed by atoms with Gasteiger partial charge in [-0.1, -0.05) is 0 Å². The van der Waals surface area contributed by atoms with Crippen molar-refractivity contribution >= 4 is 33.0 Å². The number of nitrogens with zero attached hydrogens (tertiary/aromatic N) is 1. The maximum Gasteiger partial charge on any atom is 0.252 e. The molecule has 0 unspecified atom stereocenters. The molecule has 1 aromatic carbocycles. The number of piperidine rings is 1. The molecular formula is C18H22N2O4S2. The Bertz CT molecular complexity index is 875. The molecule has 1 N–H and O–H groups in total. The number of benzene rings is 1. The highest BCUT2D eigenvalue weighted by Gasteiger charge is 2.34. The molecule has 26 heavy (non-hydrogen) atoms. The van der Waals surface area contributed by atoms with Crippen molar-refractivity contribution in [3.05, 3.63) is 41.3 Å². The summed E-state index contributed by atoms with van der Waals surface area (Å²) in [6.45, 7) is 2.54. The van der Waals surface area contributed by atoms with Gasteiger partial charge in [-0.3, -0.25) is 4.79 Å². The Kier molecular flexibility index (Phi) is 5.64. The van der Waals surface area contributed by atoms with Gasteiger partial charge < -0.3 is 10.1 Å². The maximum atomic E-state index is 12.8. The zero-order chi connectivity index (χ0) is 18.7. The van der Waals surface area contributed by atoms with Gasteiger partial charge in [0.05, 0.1) is 13.0 Å². The number of thiophene rings is 1. The van der Waals surface area contributed by atoms with Crippen molar-refractivity contribution in [3.63, 3.8) is 0 Å². The van der Waals surface area contributed by atoms with Gasteiger partial charge in [0, 0.05) is 23.7 Å². The molecule has 0 aliphatic carbocycles. The monoisotopic (exact) mass is 394 g/mol. The van der Waals surface area contributed by atoms with Gasteiger partial charge in [-0.25, -0.2) is 8.42 Å². The topological polar surface area (TPSA) is 75.7 Å². The fraction of sp³-hybridized carbons (Fsp3) is 0.389. The third kappa shape index (κ3) is 4.08. The second kappa shape index (κ2) is 7.77. The van der Waals surface area contributed by atoms with Crippen molar-refractivity contribution in [2.45, 2.75) is 24.0 Å². The molecule has 3 rings (SSSR count). The first-order chi connectivity index (χ1) is 12.4. The second-order valence-electron chi connectivity index (χ2n) is 6.29. The Balaban J connectivity index is 1.68. The van der Waals surface area contributed by atoms with Crippen LogP contribution in [0.5, 0.6) is 5.75 Å². The van der Waals surface area contributed by atoms with Crippen molar-refractivity contribution in [1.29, 1.82) is 0 Å². The molecule has 1 aliphatic rings. The highest BCUT2D eigenvalue weighted by molar-refractivity contribution is 7.91. The summed E-state index contributed by atoms with van der Waals surface area (Å²) >= 11 is 1.26. The average Bonchev–Trinajstić information content (AvgIpc) is 3.10. The number of ether oxygens (including phenoxy) is 1. The molecule has 1 aliphatic heterocycles. The summed E-state index contributed by atoms with van der Waals surface area (Å²) in [5, 5.41) is 2.87. The van der Waals surface area contributed by atoms with Crippen molar-refractivity contribution in [2.24, 2.45) is 5.92 Å². The highest BCUT2D eigenvalue weighted by Crippen LogP contribution is 2.28. The molecule has 0 saturated carbocycles. The van der Waals surface area contributed by atoms with Crippen LogP contribution in [0.1, 0.15) is 17.7 Å². The third-order valence-electron chi connectivity index (χ3n) is 4.42. The number of anilines is 1. The molecule has 1 saturated heterocycles. The smallest absolute Gasteiger partial charge is 0.252 e. The van der Waals surface area contributed by atoms with E-state index >= 15 is 0 Å². The fourth-order valence-electron chi connectivity index (χ4n) is 2.97. The van der Waals surface area contributed by atoms with Gasteiger partial charge in [0.15, 0.2) is 0 Å². The number of amides is 1. The molecule has 0 spiro atoms. The van der Waals surface area contributed by atoms with Gasteiger partial charge in [-0.2, -0.15) is 4.31 Å². The fourth-order valence-corrected chi connectivity index (χ4v) is 5.93. The number of methoxy groups -OCH3 is 1. The first-order valence-corrected chi connectivity index (χ1v) is 10.7. The van der Waals surface area contributed by atoms with Crippen LogP contribution in [-0.4, -0.2) is 38.8 Å². The number of hydrogen-bond acceptors (Lipinski definition) is 5. The van der Waals surface area contributed by atoms with Gasteiger partial charge in [0.1, 0.15) is 9.96 Å². The molecule has 0 radical (unpaired) electrons. The summed E-state index contributed by atoms with van der Waals surface area (Å²) in [5.41, 5.74) is 0.671. The third-order valence-corrected chi connectivity index (χ3v) is 7.76. The minimum absolute atomic E-state index is 0.155. The second-order valence-corrected chi connectivity index (χ2v) is 9.74. The summed E-state index contributed by atoms with van der Waals surface area (Å²) in [5.74, 6) is 0.197. The Morgan fingerprint density at radius 3 is 2.58 bits per heavy atom. The van der Waals surface area contributed by atoms with Gasteiger partial charge >= 0.3 is 0 Å². The number of aryl methyl sites for hydroxylation is 1. The van der Waals surface area contributed by atoms with E-state index < -0.39 is 10.0 Å². The van der Waals surface area contributed by atoms with Crippen LogP contribution in [0, 0.1) is 12.8 Å². The van der Waals surface area contributed by atoms with E-state index in [-0.39, 0.29) is 18.4 Å². The van der Waals surface area contributed by atoms with E-state index in [1.165, 1.54) is 15.6 Å². The van der Waals surface area contributed by atoms with Gasteiger partial charge in [-0.15, -0.1) is 11.3 Å². The largest absolute Gasteiger partial charge is 0.497 e. The van der Waals surface area contributed by atoms with Gasteiger partial charge in [0.2, 0.25) is 5.91 Å². The number of carbonyl (C=O) groups excluding carboxylic acids is 1. The predicted octanol–water partition coefficient (Wildman–Crippen LogP) is 3.10. The van der Waals surface area contributed by atoms with Crippen molar-refractivity contribution in [2.75, 3.05) is 25.5 Å². The van der Waals surface area contributed by atoms with E-state index in [1.807, 2.05) is 6.92 Å². The maximum absolute atomic E-state index is 12.8. The normalized spacial score (nSPS) is 18.5. The molecule has 2 heterocycles. The molecule has 1 atom stereocenters. The molecule has 8 heteroatoms. The van der Waals surface area contributed by atoms with Crippen LogP contribution in [0.2, 0.25) is 0 Å². The van der Waals surface area contributed by atoms with E-state index in [4.69, 9.17) is 4.74 Å². The van der Waals surface area contributed by atoms with E-state index in [0.29, 0.717) is 35.0 Å². The summed E-state index contributed by atoms with van der Waals surface area (Å²) in [6.07, 6.45) is 1.35. The van der Waals surface area contributed by atoms with Crippen LogP contribution in [0.4, 0.5) is 5.69 Å². The number of sulfonamides is 1. The lowest BCUT2D eigenvalue weighted by Crippen LogP contribution is -2.43. The SMILES string of the molecule is COc1ccc(NC(=O)[C@@H]2CCCN(S(=O)(=O)c3ccc(C)s3)C2)cc1. The summed E-state index contributed by atoms with van der Waals surface area (Å²) in [4.78, 5) is 13.5. The molecule has 2 aromatic rings.